The second kappa shape index (κ2) is 5.87. The van der Waals surface area contributed by atoms with Gasteiger partial charge >= 0.3 is 6.18 Å². The molecule has 16 heavy (non-hydrogen) atoms. The number of rotatable bonds is 4. The number of halogens is 3. The minimum absolute atomic E-state index is 0.260. The van der Waals surface area contributed by atoms with Crippen molar-refractivity contribution in [2.24, 2.45) is 11.8 Å². The van der Waals surface area contributed by atoms with Gasteiger partial charge < -0.3 is 10.2 Å². The number of likely N-dealkylation sites (tertiary alicyclic amines) is 1. The second-order valence-corrected chi connectivity index (χ2v) is 4.78. The van der Waals surface area contributed by atoms with E-state index in [2.05, 4.69) is 17.1 Å². The van der Waals surface area contributed by atoms with Gasteiger partial charge in [-0.05, 0) is 45.4 Å². The number of piperidine rings is 1. The fourth-order valence-corrected chi connectivity index (χ4v) is 2.30. The molecule has 1 aliphatic heterocycles. The van der Waals surface area contributed by atoms with Crippen LogP contribution in [-0.4, -0.2) is 44.3 Å². The van der Waals surface area contributed by atoms with E-state index in [1.165, 1.54) is 0 Å². The van der Waals surface area contributed by atoms with E-state index in [0.29, 0.717) is 19.0 Å². The monoisotopic (exact) mass is 238 g/mol. The molecule has 0 spiro atoms. The van der Waals surface area contributed by atoms with Gasteiger partial charge in [0.05, 0.1) is 5.92 Å². The highest BCUT2D eigenvalue weighted by molar-refractivity contribution is 4.78. The molecular weight excluding hydrogens is 217 g/mol. The molecule has 96 valence electrons. The Balaban J connectivity index is 2.27. The maximum atomic E-state index is 12.4. The Morgan fingerprint density at radius 3 is 2.31 bits per heavy atom. The van der Waals surface area contributed by atoms with E-state index in [0.717, 1.165) is 13.1 Å². The zero-order valence-corrected chi connectivity index (χ0v) is 9.98. The average Bonchev–Trinajstić information content (AvgIpc) is 2.17. The van der Waals surface area contributed by atoms with Crippen LogP contribution < -0.4 is 5.32 Å². The lowest BCUT2D eigenvalue weighted by atomic mass is 9.95. The van der Waals surface area contributed by atoms with Crippen LogP contribution in [0.2, 0.25) is 0 Å². The van der Waals surface area contributed by atoms with Gasteiger partial charge in [0.25, 0.3) is 0 Å². The minimum Gasteiger partial charge on any atom is -0.319 e. The van der Waals surface area contributed by atoms with E-state index in [-0.39, 0.29) is 12.8 Å². The second-order valence-electron chi connectivity index (χ2n) is 4.78. The Labute approximate surface area is 95.2 Å². The smallest absolute Gasteiger partial charge is 0.319 e. The van der Waals surface area contributed by atoms with E-state index < -0.39 is 12.1 Å². The molecule has 1 N–H and O–H groups in total. The summed E-state index contributed by atoms with van der Waals surface area (Å²) in [5, 5.41) is 3.08. The molecule has 1 heterocycles. The SMILES string of the molecule is CNCC(C)CN1CCC(C(F)(F)F)CC1. The molecule has 0 bridgehead atoms. The van der Waals surface area contributed by atoms with E-state index >= 15 is 0 Å². The Bertz CT molecular complexity index is 198. The molecule has 1 rings (SSSR count). The maximum Gasteiger partial charge on any atom is 0.391 e. The predicted molar refractivity (Wildman–Crippen MR) is 58.3 cm³/mol. The highest BCUT2D eigenvalue weighted by Crippen LogP contribution is 2.34. The summed E-state index contributed by atoms with van der Waals surface area (Å²) in [7, 11) is 1.90. The summed E-state index contributed by atoms with van der Waals surface area (Å²) in [6.07, 6.45) is -3.48. The molecule has 1 atom stereocenters. The number of alkyl halides is 3. The van der Waals surface area contributed by atoms with Crippen molar-refractivity contribution in [3.8, 4) is 0 Å². The largest absolute Gasteiger partial charge is 0.391 e. The molecule has 0 aromatic rings. The van der Waals surface area contributed by atoms with Crippen LogP contribution in [0.15, 0.2) is 0 Å². The van der Waals surface area contributed by atoms with Gasteiger partial charge in [-0.3, -0.25) is 0 Å². The fourth-order valence-electron chi connectivity index (χ4n) is 2.30. The van der Waals surface area contributed by atoms with Gasteiger partial charge in [0.2, 0.25) is 0 Å². The van der Waals surface area contributed by atoms with Crippen molar-refractivity contribution in [3.05, 3.63) is 0 Å². The summed E-state index contributed by atoms with van der Waals surface area (Å²) in [5.74, 6) is -0.587. The first kappa shape index (κ1) is 13.8. The lowest BCUT2D eigenvalue weighted by Gasteiger charge is -2.34. The van der Waals surface area contributed by atoms with Crippen molar-refractivity contribution in [3.63, 3.8) is 0 Å². The van der Waals surface area contributed by atoms with Crippen molar-refractivity contribution in [2.75, 3.05) is 33.2 Å². The maximum absolute atomic E-state index is 12.4. The first-order chi connectivity index (χ1) is 7.43. The quantitative estimate of drug-likeness (QED) is 0.807. The molecule has 2 nitrogen and oxygen atoms in total. The third kappa shape index (κ3) is 4.29. The van der Waals surface area contributed by atoms with Crippen molar-refractivity contribution in [1.29, 1.82) is 0 Å². The zero-order valence-electron chi connectivity index (χ0n) is 9.98. The molecule has 0 aromatic heterocycles. The van der Waals surface area contributed by atoms with Gasteiger partial charge in [-0.15, -0.1) is 0 Å². The first-order valence-corrected chi connectivity index (χ1v) is 5.87. The molecule has 1 saturated heterocycles. The van der Waals surface area contributed by atoms with Crippen molar-refractivity contribution < 1.29 is 13.2 Å². The number of nitrogens with zero attached hydrogens (tertiary/aromatic N) is 1. The summed E-state index contributed by atoms with van der Waals surface area (Å²) in [6.45, 7) is 5.09. The van der Waals surface area contributed by atoms with Gasteiger partial charge in [-0.2, -0.15) is 13.2 Å². The van der Waals surface area contributed by atoms with Crippen LogP contribution in [0.5, 0.6) is 0 Å². The molecule has 0 aliphatic carbocycles. The van der Waals surface area contributed by atoms with E-state index in [4.69, 9.17) is 0 Å². The summed E-state index contributed by atoms with van der Waals surface area (Å²) >= 11 is 0. The number of nitrogens with one attached hydrogen (secondary N) is 1. The van der Waals surface area contributed by atoms with Crippen LogP contribution in [0, 0.1) is 11.8 Å². The highest BCUT2D eigenvalue weighted by Gasteiger charge is 2.40. The van der Waals surface area contributed by atoms with Gasteiger partial charge in [0.15, 0.2) is 0 Å². The Morgan fingerprint density at radius 2 is 1.88 bits per heavy atom. The molecule has 1 unspecified atom stereocenters. The lowest BCUT2D eigenvalue weighted by Crippen LogP contribution is -2.41. The van der Waals surface area contributed by atoms with Gasteiger partial charge in [-0.25, -0.2) is 0 Å². The van der Waals surface area contributed by atoms with Crippen LogP contribution in [0.25, 0.3) is 0 Å². The van der Waals surface area contributed by atoms with Crippen LogP contribution in [0.3, 0.4) is 0 Å². The van der Waals surface area contributed by atoms with Crippen molar-refractivity contribution >= 4 is 0 Å². The molecule has 5 heteroatoms. The van der Waals surface area contributed by atoms with Crippen molar-refractivity contribution in [2.45, 2.75) is 25.9 Å². The van der Waals surface area contributed by atoms with Crippen molar-refractivity contribution in [1.82, 2.24) is 10.2 Å². The molecule has 1 fully saturated rings. The van der Waals surface area contributed by atoms with Gasteiger partial charge in [0, 0.05) is 6.54 Å². The predicted octanol–water partition coefficient (Wildman–Crippen LogP) is 2.12. The van der Waals surface area contributed by atoms with Crippen LogP contribution in [-0.2, 0) is 0 Å². The summed E-state index contributed by atoms with van der Waals surface area (Å²) in [5.41, 5.74) is 0. The summed E-state index contributed by atoms with van der Waals surface area (Å²) in [4.78, 5) is 2.14. The Kier molecular flexibility index (Phi) is 5.05. The Morgan fingerprint density at radius 1 is 1.31 bits per heavy atom. The van der Waals surface area contributed by atoms with Gasteiger partial charge in [0.1, 0.15) is 0 Å². The van der Waals surface area contributed by atoms with Gasteiger partial charge in [-0.1, -0.05) is 6.92 Å². The number of hydrogen-bond donors (Lipinski definition) is 1. The molecule has 1 aliphatic rings. The van der Waals surface area contributed by atoms with E-state index in [1.54, 1.807) is 0 Å². The average molecular weight is 238 g/mol. The third-order valence-corrected chi connectivity index (χ3v) is 3.17. The molecule has 0 amide bonds. The molecule has 0 aromatic carbocycles. The first-order valence-electron chi connectivity index (χ1n) is 5.87. The summed E-state index contributed by atoms with van der Waals surface area (Å²) < 4.78 is 37.3. The standard InChI is InChI=1S/C11H21F3N2/c1-9(7-15-2)8-16-5-3-10(4-6-16)11(12,13)14/h9-10,15H,3-8H2,1-2H3. The zero-order chi connectivity index (χ0) is 12.2. The normalized spacial score (nSPS) is 22.3. The molecule has 0 radical (unpaired) electrons. The molecular formula is C11H21F3N2. The molecule has 0 saturated carbocycles. The van der Waals surface area contributed by atoms with Crippen LogP contribution in [0.4, 0.5) is 13.2 Å². The number of hydrogen-bond acceptors (Lipinski definition) is 2. The fraction of sp³-hybridized carbons (Fsp3) is 1.00. The van der Waals surface area contributed by atoms with Crippen LogP contribution >= 0.6 is 0 Å². The third-order valence-electron chi connectivity index (χ3n) is 3.17. The Hall–Kier alpha value is -0.290. The minimum atomic E-state index is -4.00. The lowest BCUT2D eigenvalue weighted by molar-refractivity contribution is -0.185. The van der Waals surface area contributed by atoms with E-state index in [1.807, 2.05) is 7.05 Å². The highest BCUT2D eigenvalue weighted by atomic mass is 19.4. The summed E-state index contributed by atoms with van der Waals surface area (Å²) in [6, 6.07) is 0. The van der Waals surface area contributed by atoms with Crippen LogP contribution in [0.1, 0.15) is 19.8 Å². The topological polar surface area (TPSA) is 15.3 Å². The van der Waals surface area contributed by atoms with E-state index in [9.17, 15) is 13.2 Å².